The summed E-state index contributed by atoms with van der Waals surface area (Å²) in [6.07, 6.45) is 0. The van der Waals surface area contributed by atoms with Gasteiger partial charge in [-0.3, -0.25) is 14.4 Å². The highest BCUT2D eigenvalue weighted by atomic mass is 19.2. The summed E-state index contributed by atoms with van der Waals surface area (Å²) in [7, 11) is 0. The van der Waals surface area contributed by atoms with Gasteiger partial charge in [-0.2, -0.15) is 0 Å². The molecule has 172 valence electrons. The van der Waals surface area contributed by atoms with Gasteiger partial charge in [-0.05, 0) is 66.9 Å². The zero-order valence-corrected chi connectivity index (χ0v) is 18.7. The van der Waals surface area contributed by atoms with Crippen LogP contribution in [0.25, 0.3) is 5.57 Å². The molecule has 1 heterocycles. The van der Waals surface area contributed by atoms with Crippen LogP contribution in [-0.2, 0) is 14.4 Å². The molecule has 0 aliphatic carbocycles. The fraction of sp³-hybridized carbons (Fsp3) is 0.115. The van der Waals surface area contributed by atoms with Gasteiger partial charge in [-0.25, -0.2) is 13.7 Å². The number of carbonyl (C=O) groups excluding carboxylic acids is 3. The summed E-state index contributed by atoms with van der Waals surface area (Å²) < 4.78 is 27.4. The van der Waals surface area contributed by atoms with Crippen molar-refractivity contribution in [1.29, 1.82) is 0 Å². The van der Waals surface area contributed by atoms with Crippen molar-refractivity contribution in [3.63, 3.8) is 0 Å². The first-order valence-electron chi connectivity index (χ1n) is 10.5. The van der Waals surface area contributed by atoms with E-state index < -0.39 is 23.4 Å². The zero-order chi connectivity index (χ0) is 24.6. The van der Waals surface area contributed by atoms with Crippen molar-refractivity contribution in [2.45, 2.75) is 20.8 Å². The third kappa shape index (κ3) is 4.30. The van der Waals surface area contributed by atoms with Gasteiger partial charge in [0.25, 0.3) is 11.8 Å². The average molecular weight is 461 g/mol. The van der Waals surface area contributed by atoms with Crippen LogP contribution in [0.5, 0.6) is 0 Å². The fourth-order valence-electron chi connectivity index (χ4n) is 3.65. The largest absolute Gasteiger partial charge is 0.350 e. The molecule has 0 saturated carbocycles. The lowest BCUT2D eigenvalue weighted by molar-refractivity contribution is -0.120. The van der Waals surface area contributed by atoms with E-state index in [2.05, 4.69) is 10.6 Å². The highest BCUT2D eigenvalue weighted by molar-refractivity contribution is 6.46. The van der Waals surface area contributed by atoms with Gasteiger partial charge in [0.05, 0.1) is 11.3 Å². The number of amides is 3. The highest BCUT2D eigenvalue weighted by Crippen LogP contribution is 2.35. The molecule has 2 N–H and O–H groups in total. The van der Waals surface area contributed by atoms with Gasteiger partial charge in [0.2, 0.25) is 5.91 Å². The lowest BCUT2D eigenvalue weighted by Crippen LogP contribution is -2.32. The second-order valence-corrected chi connectivity index (χ2v) is 7.98. The SMILES string of the molecule is CC(=O)Nc1ccc(NC2=C(c3ccc(C)c(C)c3)C(=O)N(c3ccc(F)c(F)c3)C2=O)cc1. The number of imide groups is 1. The summed E-state index contributed by atoms with van der Waals surface area (Å²) in [5.74, 6) is -3.82. The summed E-state index contributed by atoms with van der Waals surface area (Å²) >= 11 is 0. The molecule has 0 radical (unpaired) electrons. The molecular weight excluding hydrogens is 440 g/mol. The molecule has 0 atom stereocenters. The molecule has 1 aliphatic rings. The van der Waals surface area contributed by atoms with Crippen LogP contribution in [0.4, 0.5) is 25.8 Å². The number of nitrogens with zero attached hydrogens (tertiary/aromatic N) is 1. The van der Waals surface area contributed by atoms with Crippen LogP contribution in [0.1, 0.15) is 23.6 Å². The van der Waals surface area contributed by atoms with E-state index in [1.54, 1.807) is 36.4 Å². The Morgan fingerprint density at radius 2 is 1.47 bits per heavy atom. The van der Waals surface area contributed by atoms with Crippen molar-refractivity contribution in [3.8, 4) is 0 Å². The van der Waals surface area contributed by atoms with Gasteiger partial charge in [-0.15, -0.1) is 0 Å². The quantitative estimate of drug-likeness (QED) is 0.528. The predicted octanol–water partition coefficient (Wildman–Crippen LogP) is 4.94. The van der Waals surface area contributed by atoms with E-state index in [9.17, 15) is 23.2 Å². The molecule has 0 unspecified atom stereocenters. The van der Waals surface area contributed by atoms with E-state index in [0.29, 0.717) is 16.9 Å². The Morgan fingerprint density at radius 3 is 2.09 bits per heavy atom. The lowest BCUT2D eigenvalue weighted by Gasteiger charge is -2.16. The molecule has 3 aromatic carbocycles. The molecule has 0 spiro atoms. The first-order chi connectivity index (χ1) is 16.2. The normalized spacial score (nSPS) is 13.5. The van der Waals surface area contributed by atoms with E-state index in [1.165, 1.54) is 13.0 Å². The molecule has 8 heteroatoms. The summed E-state index contributed by atoms with van der Waals surface area (Å²) in [5, 5.41) is 5.65. The van der Waals surface area contributed by atoms with Gasteiger partial charge in [0, 0.05) is 24.4 Å². The van der Waals surface area contributed by atoms with Crippen molar-refractivity contribution in [2.75, 3.05) is 15.5 Å². The molecule has 6 nitrogen and oxygen atoms in total. The minimum atomic E-state index is -1.17. The number of nitrogens with one attached hydrogen (secondary N) is 2. The highest BCUT2D eigenvalue weighted by Gasteiger charge is 2.40. The lowest BCUT2D eigenvalue weighted by atomic mass is 9.99. The summed E-state index contributed by atoms with van der Waals surface area (Å²) in [6, 6.07) is 14.8. The molecule has 0 saturated heterocycles. The number of carbonyl (C=O) groups is 3. The maximum atomic E-state index is 13.9. The number of halogens is 2. The van der Waals surface area contributed by atoms with Gasteiger partial charge >= 0.3 is 0 Å². The van der Waals surface area contributed by atoms with E-state index in [4.69, 9.17) is 0 Å². The van der Waals surface area contributed by atoms with Crippen molar-refractivity contribution in [1.82, 2.24) is 0 Å². The van der Waals surface area contributed by atoms with Crippen LogP contribution in [0, 0.1) is 25.5 Å². The third-order valence-corrected chi connectivity index (χ3v) is 5.52. The van der Waals surface area contributed by atoms with Crippen molar-refractivity contribution < 1.29 is 23.2 Å². The third-order valence-electron chi connectivity index (χ3n) is 5.52. The zero-order valence-electron chi connectivity index (χ0n) is 18.7. The van der Waals surface area contributed by atoms with Crippen LogP contribution in [-0.4, -0.2) is 17.7 Å². The molecular formula is C26H21F2N3O3. The summed E-state index contributed by atoms with van der Waals surface area (Å²) in [6.45, 7) is 5.21. The Hall–Kier alpha value is -4.33. The van der Waals surface area contributed by atoms with E-state index in [0.717, 1.165) is 28.2 Å². The Morgan fingerprint density at radius 1 is 0.794 bits per heavy atom. The topological polar surface area (TPSA) is 78.5 Å². The Bertz CT molecular complexity index is 1360. The van der Waals surface area contributed by atoms with Crippen LogP contribution in [0.2, 0.25) is 0 Å². The van der Waals surface area contributed by atoms with Crippen molar-refractivity contribution >= 4 is 40.4 Å². The van der Waals surface area contributed by atoms with E-state index in [-0.39, 0.29) is 22.9 Å². The molecule has 3 amide bonds. The minimum absolute atomic E-state index is 0.00487. The molecule has 4 rings (SSSR count). The van der Waals surface area contributed by atoms with E-state index >= 15 is 0 Å². The molecule has 0 aromatic heterocycles. The van der Waals surface area contributed by atoms with Crippen LogP contribution in [0.15, 0.2) is 66.4 Å². The molecule has 1 aliphatic heterocycles. The number of benzene rings is 3. The number of anilines is 3. The minimum Gasteiger partial charge on any atom is -0.350 e. The molecule has 34 heavy (non-hydrogen) atoms. The van der Waals surface area contributed by atoms with Crippen LogP contribution >= 0.6 is 0 Å². The van der Waals surface area contributed by atoms with Gasteiger partial charge in [0.1, 0.15) is 5.70 Å². The van der Waals surface area contributed by atoms with E-state index in [1.807, 2.05) is 19.9 Å². The van der Waals surface area contributed by atoms with Crippen LogP contribution in [0.3, 0.4) is 0 Å². The first kappa shape index (κ1) is 22.8. The fourth-order valence-corrected chi connectivity index (χ4v) is 3.65. The number of hydrogen-bond acceptors (Lipinski definition) is 4. The second-order valence-electron chi connectivity index (χ2n) is 7.98. The maximum Gasteiger partial charge on any atom is 0.282 e. The predicted molar refractivity (Wildman–Crippen MR) is 126 cm³/mol. The second kappa shape index (κ2) is 8.90. The van der Waals surface area contributed by atoms with Crippen molar-refractivity contribution in [3.05, 3.63) is 94.7 Å². The summed E-state index contributed by atoms with van der Waals surface area (Å²) in [4.78, 5) is 38.9. The Balaban J connectivity index is 1.78. The Kier molecular flexibility index (Phi) is 5.98. The maximum absolute atomic E-state index is 13.9. The number of rotatable bonds is 5. The standard InChI is InChI=1S/C26H21F2N3O3/c1-14-4-5-17(12-15(14)2)23-24(30-19-8-6-18(7-9-19)29-16(3)32)26(34)31(25(23)33)20-10-11-21(27)22(28)13-20/h4-13,30H,1-3H3,(H,29,32). The smallest absolute Gasteiger partial charge is 0.282 e. The molecule has 0 bridgehead atoms. The van der Waals surface area contributed by atoms with Gasteiger partial charge in [0.15, 0.2) is 11.6 Å². The average Bonchev–Trinajstić information content (AvgIpc) is 3.02. The first-order valence-corrected chi connectivity index (χ1v) is 10.5. The van der Waals surface area contributed by atoms with Gasteiger partial charge in [-0.1, -0.05) is 18.2 Å². The molecule has 3 aromatic rings. The van der Waals surface area contributed by atoms with Gasteiger partial charge < -0.3 is 10.6 Å². The Labute approximate surface area is 194 Å². The summed E-state index contributed by atoms with van der Waals surface area (Å²) in [5.41, 5.74) is 3.57. The monoisotopic (exact) mass is 461 g/mol. The molecule has 0 fully saturated rings. The van der Waals surface area contributed by atoms with Crippen molar-refractivity contribution in [2.24, 2.45) is 0 Å². The number of hydrogen-bond donors (Lipinski definition) is 2. The van der Waals surface area contributed by atoms with Crippen LogP contribution < -0.4 is 15.5 Å². The number of aryl methyl sites for hydroxylation is 2.